The number of sulfonamides is 1. The predicted molar refractivity (Wildman–Crippen MR) is 102 cm³/mol. The molecular weight excluding hydrogens is 378 g/mol. The summed E-state index contributed by atoms with van der Waals surface area (Å²) in [5.74, 6) is 1.02. The third kappa shape index (κ3) is 4.87. The van der Waals surface area contributed by atoms with E-state index in [2.05, 4.69) is 14.8 Å². The van der Waals surface area contributed by atoms with Crippen molar-refractivity contribution < 1.29 is 22.3 Å². The van der Waals surface area contributed by atoms with Crippen molar-refractivity contribution in [3.8, 4) is 11.5 Å². The second-order valence-corrected chi connectivity index (χ2v) is 9.53. The van der Waals surface area contributed by atoms with Crippen molar-refractivity contribution in [3.05, 3.63) is 48.0 Å². The fourth-order valence-electron chi connectivity index (χ4n) is 2.44. The van der Waals surface area contributed by atoms with Crippen LogP contribution in [0, 0.1) is 0 Å². The van der Waals surface area contributed by atoms with Crippen molar-refractivity contribution in [1.29, 1.82) is 0 Å². The molecule has 142 valence electrons. The lowest BCUT2D eigenvalue weighted by Gasteiger charge is -2.32. The Kier molecular flexibility index (Phi) is 5.42. The molecule has 8 nitrogen and oxygen atoms in total. The molecular formula is C16H21N3O5S2. The summed E-state index contributed by atoms with van der Waals surface area (Å²) >= 11 is 0. The SMILES string of the molecule is CS(=O)(=O)NCc1ccc(Oc2ccc3c(c2)S(O)(O)NCCN3)cc1. The van der Waals surface area contributed by atoms with Crippen LogP contribution in [-0.2, 0) is 16.6 Å². The molecule has 0 fully saturated rings. The Bertz CT molecular complexity index is 885. The molecule has 0 saturated carbocycles. The molecule has 0 radical (unpaired) electrons. The van der Waals surface area contributed by atoms with E-state index in [0.717, 1.165) is 11.8 Å². The lowest BCUT2D eigenvalue weighted by atomic mass is 10.2. The van der Waals surface area contributed by atoms with Crippen molar-refractivity contribution in [3.63, 3.8) is 0 Å². The number of hydrogen-bond acceptors (Lipinski definition) is 7. The van der Waals surface area contributed by atoms with Crippen LogP contribution in [0.1, 0.15) is 5.56 Å². The first-order valence-electron chi connectivity index (χ1n) is 7.85. The summed E-state index contributed by atoms with van der Waals surface area (Å²) in [6.07, 6.45) is 1.11. The van der Waals surface area contributed by atoms with Crippen LogP contribution in [0.3, 0.4) is 0 Å². The van der Waals surface area contributed by atoms with Crippen LogP contribution in [0.25, 0.3) is 0 Å². The zero-order valence-corrected chi connectivity index (χ0v) is 15.7. The van der Waals surface area contributed by atoms with Crippen LogP contribution in [0.15, 0.2) is 47.4 Å². The maximum Gasteiger partial charge on any atom is 0.209 e. The zero-order valence-electron chi connectivity index (χ0n) is 14.1. The largest absolute Gasteiger partial charge is 0.457 e. The lowest BCUT2D eigenvalue weighted by Crippen LogP contribution is -2.22. The number of nitrogens with one attached hydrogen (secondary N) is 3. The fraction of sp³-hybridized carbons (Fsp3) is 0.250. The highest BCUT2D eigenvalue weighted by molar-refractivity contribution is 8.22. The third-order valence-electron chi connectivity index (χ3n) is 3.70. The second kappa shape index (κ2) is 7.43. The standard InChI is InChI=1S/C16H21N3O5S2/c1-25(20,21)19-11-12-2-4-13(5-3-12)24-14-6-7-15-16(10-14)26(22,23)18-9-8-17-15/h2-7,10,17-19,22-23H,8-9,11H2,1H3. The molecule has 3 rings (SSSR count). The summed E-state index contributed by atoms with van der Waals surface area (Å²) in [7, 11) is -6.32. The Morgan fingerprint density at radius 2 is 1.81 bits per heavy atom. The first-order valence-corrected chi connectivity index (χ1v) is 11.3. The van der Waals surface area contributed by atoms with E-state index in [1.54, 1.807) is 42.5 Å². The van der Waals surface area contributed by atoms with Gasteiger partial charge in [-0.15, -0.1) is 10.8 Å². The fourth-order valence-corrected chi connectivity index (χ4v) is 4.14. The van der Waals surface area contributed by atoms with Gasteiger partial charge in [0.15, 0.2) is 0 Å². The van der Waals surface area contributed by atoms with Crippen LogP contribution in [0.4, 0.5) is 5.69 Å². The first kappa shape index (κ1) is 19.0. The van der Waals surface area contributed by atoms with Crippen LogP contribution in [0.2, 0.25) is 0 Å². The van der Waals surface area contributed by atoms with Crippen molar-refractivity contribution in [2.45, 2.75) is 11.4 Å². The topological polar surface area (TPSA) is 120 Å². The summed E-state index contributed by atoms with van der Waals surface area (Å²) in [5.41, 5.74) is 1.46. The average molecular weight is 399 g/mol. The molecule has 0 amide bonds. The zero-order chi connectivity index (χ0) is 18.8. The van der Waals surface area contributed by atoms with Gasteiger partial charge < -0.3 is 10.1 Å². The first-order chi connectivity index (χ1) is 12.2. The molecule has 0 atom stereocenters. The van der Waals surface area contributed by atoms with E-state index in [1.807, 2.05) is 0 Å². The van der Waals surface area contributed by atoms with Crippen molar-refractivity contribution in [2.75, 3.05) is 24.7 Å². The van der Waals surface area contributed by atoms with Crippen LogP contribution in [-0.4, -0.2) is 36.9 Å². The van der Waals surface area contributed by atoms with E-state index in [4.69, 9.17) is 4.74 Å². The van der Waals surface area contributed by atoms with Gasteiger partial charge in [0, 0.05) is 25.7 Å². The van der Waals surface area contributed by atoms with Gasteiger partial charge in [-0.25, -0.2) is 17.9 Å². The number of rotatable bonds is 5. The molecule has 0 bridgehead atoms. The average Bonchev–Trinajstić information content (AvgIpc) is 2.72. The van der Waals surface area contributed by atoms with Crippen LogP contribution >= 0.6 is 10.8 Å². The highest BCUT2D eigenvalue weighted by Crippen LogP contribution is 2.50. The van der Waals surface area contributed by atoms with E-state index in [1.165, 1.54) is 0 Å². The van der Waals surface area contributed by atoms with E-state index in [9.17, 15) is 17.5 Å². The number of fused-ring (bicyclic) bond motifs is 1. The summed E-state index contributed by atoms with van der Waals surface area (Å²) in [4.78, 5) is 0.362. The second-order valence-electron chi connectivity index (χ2n) is 5.87. The molecule has 2 aromatic carbocycles. The summed E-state index contributed by atoms with van der Waals surface area (Å²) in [6.45, 7) is 1.23. The van der Waals surface area contributed by atoms with Gasteiger partial charge in [-0.1, -0.05) is 12.1 Å². The van der Waals surface area contributed by atoms with E-state index < -0.39 is 20.8 Å². The lowest BCUT2D eigenvalue weighted by molar-refractivity contribution is 0.466. The third-order valence-corrected chi connectivity index (χ3v) is 5.93. The van der Waals surface area contributed by atoms with Gasteiger partial charge in [0.25, 0.3) is 0 Å². The van der Waals surface area contributed by atoms with Crippen LogP contribution in [0.5, 0.6) is 11.5 Å². The highest BCUT2D eigenvalue weighted by atomic mass is 32.3. The minimum absolute atomic E-state index is 0.205. The van der Waals surface area contributed by atoms with Gasteiger partial charge in [0.1, 0.15) is 16.4 Å². The molecule has 1 heterocycles. The monoisotopic (exact) mass is 399 g/mol. The molecule has 1 aliphatic rings. The number of anilines is 1. The highest BCUT2D eigenvalue weighted by Gasteiger charge is 2.22. The molecule has 0 saturated heterocycles. The Morgan fingerprint density at radius 1 is 1.12 bits per heavy atom. The Hall–Kier alpha value is -1.82. The molecule has 0 aliphatic carbocycles. The molecule has 2 aromatic rings. The molecule has 0 unspecified atom stereocenters. The van der Waals surface area contributed by atoms with Crippen molar-refractivity contribution in [1.82, 2.24) is 9.44 Å². The minimum Gasteiger partial charge on any atom is -0.457 e. The van der Waals surface area contributed by atoms with Gasteiger partial charge in [-0.2, -0.15) is 0 Å². The quantitative estimate of drug-likeness (QED) is 0.524. The Labute approximate surface area is 154 Å². The van der Waals surface area contributed by atoms with Gasteiger partial charge in [-0.05, 0) is 29.8 Å². The van der Waals surface area contributed by atoms with Crippen molar-refractivity contribution in [2.24, 2.45) is 0 Å². The molecule has 1 aliphatic heterocycles. The normalized spacial score (nSPS) is 17.5. The molecule has 0 spiro atoms. The molecule has 5 N–H and O–H groups in total. The minimum atomic E-state index is -3.24. The van der Waals surface area contributed by atoms with Gasteiger partial charge >= 0.3 is 0 Å². The maximum atomic E-state index is 11.1. The van der Waals surface area contributed by atoms with Gasteiger partial charge in [0.2, 0.25) is 10.0 Å². The summed E-state index contributed by atoms with van der Waals surface area (Å²) < 4.78 is 53.6. The van der Waals surface area contributed by atoms with Crippen molar-refractivity contribution >= 4 is 26.5 Å². The number of ether oxygens (including phenoxy) is 1. The number of hydrogen-bond donors (Lipinski definition) is 5. The Balaban J connectivity index is 1.74. The molecule has 0 aromatic heterocycles. The maximum absolute atomic E-state index is 11.1. The van der Waals surface area contributed by atoms with E-state index in [0.29, 0.717) is 35.2 Å². The van der Waals surface area contributed by atoms with Gasteiger partial charge in [0.05, 0.1) is 11.9 Å². The molecule has 10 heteroatoms. The van der Waals surface area contributed by atoms with E-state index in [-0.39, 0.29) is 6.54 Å². The van der Waals surface area contributed by atoms with Gasteiger partial charge in [-0.3, -0.25) is 9.11 Å². The molecule has 26 heavy (non-hydrogen) atoms. The van der Waals surface area contributed by atoms with E-state index >= 15 is 0 Å². The summed E-state index contributed by atoms with van der Waals surface area (Å²) in [6, 6.07) is 12.0. The Morgan fingerprint density at radius 3 is 2.50 bits per heavy atom. The van der Waals surface area contributed by atoms with Crippen LogP contribution < -0.4 is 19.5 Å². The number of benzene rings is 2. The smallest absolute Gasteiger partial charge is 0.209 e. The predicted octanol–water partition coefficient (Wildman–Crippen LogP) is 2.57. The summed E-state index contributed by atoms with van der Waals surface area (Å²) in [5, 5.41) is 3.13.